The molecule has 4 rings (SSSR count). The van der Waals surface area contributed by atoms with Gasteiger partial charge in [0, 0.05) is 32.2 Å². The van der Waals surface area contributed by atoms with Crippen molar-refractivity contribution in [3.05, 3.63) is 18.0 Å². The Bertz CT molecular complexity index is 870. The molecule has 11 heteroatoms. The Labute approximate surface area is 166 Å². The van der Waals surface area contributed by atoms with Crippen molar-refractivity contribution in [2.45, 2.75) is 50.9 Å². The molecule has 29 heavy (non-hydrogen) atoms. The monoisotopic (exact) mass is 411 g/mol. The molecule has 1 unspecified atom stereocenters. The summed E-state index contributed by atoms with van der Waals surface area (Å²) in [4.78, 5) is 16.5. The van der Waals surface area contributed by atoms with Gasteiger partial charge < -0.3 is 10.2 Å². The molecule has 0 aromatic carbocycles. The maximum absolute atomic E-state index is 13.1. The highest BCUT2D eigenvalue weighted by Gasteiger charge is 2.38. The van der Waals surface area contributed by atoms with Crippen molar-refractivity contribution in [2.24, 2.45) is 0 Å². The van der Waals surface area contributed by atoms with Gasteiger partial charge in [0.25, 0.3) is 5.82 Å². The molecule has 8 nitrogen and oxygen atoms in total. The summed E-state index contributed by atoms with van der Waals surface area (Å²) in [6, 6.07) is 3.18. The number of halogens is 3. The van der Waals surface area contributed by atoms with Gasteiger partial charge in [-0.15, -0.1) is 15.3 Å². The van der Waals surface area contributed by atoms with Gasteiger partial charge in [-0.3, -0.25) is 9.69 Å². The third-order valence-electron chi connectivity index (χ3n) is 5.77. The first-order valence-corrected chi connectivity index (χ1v) is 9.92. The fourth-order valence-corrected chi connectivity index (χ4v) is 4.02. The van der Waals surface area contributed by atoms with Crippen LogP contribution in [-0.4, -0.2) is 68.9 Å². The first-order chi connectivity index (χ1) is 13.8. The Balaban J connectivity index is 1.39. The van der Waals surface area contributed by atoms with Crippen LogP contribution in [0.25, 0.3) is 5.65 Å². The molecular formula is C18H24F3N7O. The molecule has 1 N–H and O–H groups in total. The fraction of sp³-hybridized carbons (Fsp3) is 0.667. The molecule has 0 radical (unpaired) electrons. The quantitative estimate of drug-likeness (QED) is 0.825. The Morgan fingerprint density at radius 1 is 1.14 bits per heavy atom. The molecule has 3 heterocycles. The van der Waals surface area contributed by atoms with E-state index < -0.39 is 12.0 Å². The Morgan fingerprint density at radius 3 is 2.48 bits per heavy atom. The van der Waals surface area contributed by atoms with Gasteiger partial charge in [-0.2, -0.15) is 17.7 Å². The number of anilines is 1. The summed E-state index contributed by atoms with van der Waals surface area (Å²) in [5.41, 5.74) is 0.0527. The molecule has 2 aromatic heterocycles. The average Bonchev–Trinajstić information content (AvgIpc) is 3.36. The highest BCUT2D eigenvalue weighted by molar-refractivity contribution is 5.81. The number of carbonyl (C=O) groups excluding carboxylic acids is 1. The Morgan fingerprint density at radius 2 is 1.83 bits per heavy atom. The number of hydrogen-bond acceptors (Lipinski definition) is 6. The molecule has 2 aliphatic rings. The summed E-state index contributed by atoms with van der Waals surface area (Å²) < 4.78 is 39.9. The number of rotatable bonds is 4. The van der Waals surface area contributed by atoms with Crippen molar-refractivity contribution < 1.29 is 18.0 Å². The zero-order valence-corrected chi connectivity index (χ0v) is 16.2. The second-order valence-corrected chi connectivity index (χ2v) is 7.67. The van der Waals surface area contributed by atoms with Crippen LogP contribution in [0.3, 0.4) is 0 Å². The highest BCUT2D eigenvalue weighted by atomic mass is 19.4. The van der Waals surface area contributed by atoms with E-state index in [1.807, 2.05) is 11.8 Å². The molecule has 158 valence electrons. The summed E-state index contributed by atoms with van der Waals surface area (Å²) in [7, 11) is 0. The van der Waals surface area contributed by atoms with Gasteiger partial charge in [-0.1, -0.05) is 12.8 Å². The summed E-state index contributed by atoms with van der Waals surface area (Å²) in [6.07, 6.45) is -0.200. The van der Waals surface area contributed by atoms with Crippen LogP contribution in [0.15, 0.2) is 12.1 Å². The number of amides is 1. The van der Waals surface area contributed by atoms with E-state index in [-0.39, 0.29) is 23.6 Å². The van der Waals surface area contributed by atoms with Crippen LogP contribution in [0.2, 0.25) is 0 Å². The smallest absolute Gasteiger partial charge is 0.353 e. The number of carbonyl (C=O) groups is 1. The number of hydrogen-bond donors (Lipinski definition) is 1. The molecule has 0 bridgehead atoms. The lowest BCUT2D eigenvalue weighted by Gasteiger charge is -2.38. The van der Waals surface area contributed by atoms with Crippen molar-refractivity contribution in [2.75, 3.05) is 31.1 Å². The summed E-state index contributed by atoms with van der Waals surface area (Å²) in [5.74, 6) is -0.653. The van der Waals surface area contributed by atoms with Gasteiger partial charge in [-0.25, -0.2) is 0 Å². The number of nitrogens with zero attached hydrogens (tertiary/aromatic N) is 6. The fourth-order valence-electron chi connectivity index (χ4n) is 4.02. The van der Waals surface area contributed by atoms with Crippen molar-refractivity contribution in [1.82, 2.24) is 30.0 Å². The van der Waals surface area contributed by atoms with E-state index in [9.17, 15) is 18.0 Å². The Kier molecular flexibility index (Phi) is 5.32. The minimum Gasteiger partial charge on any atom is -0.353 e. The average molecular weight is 411 g/mol. The summed E-state index contributed by atoms with van der Waals surface area (Å²) in [6.45, 7) is 4.31. The van der Waals surface area contributed by atoms with E-state index in [0.29, 0.717) is 32.0 Å². The van der Waals surface area contributed by atoms with Crippen LogP contribution < -0.4 is 10.2 Å². The second-order valence-electron chi connectivity index (χ2n) is 7.67. The lowest BCUT2D eigenvalue weighted by atomic mass is 10.2. The number of nitrogens with one attached hydrogen (secondary N) is 1. The number of alkyl halides is 3. The predicted octanol–water partition coefficient (Wildman–Crippen LogP) is 1.71. The van der Waals surface area contributed by atoms with Crippen molar-refractivity contribution in [3.8, 4) is 0 Å². The van der Waals surface area contributed by atoms with Gasteiger partial charge in [0.1, 0.15) is 5.82 Å². The van der Waals surface area contributed by atoms with Crippen molar-refractivity contribution in [3.63, 3.8) is 0 Å². The van der Waals surface area contributed by atoms with E-state index in [1.54, 1.807) is 6.07 Å². The van der Waals surface area contributed by atoms with Crippen LogP contribution >= 0.6 is 0 Å². The lowest BCUT2D eigenvalue weighted by molar-refractivity contribution is -0.146. The van der Waals surface area contributed by atoms with Crippen LogP contribution in [-0.2, 0) is 11.0 Å². The van der Waals surface area contributed by atoms with E-state index in [2.05, 4.69) is 25.5 Å². The van der Waals surface area contributed by atoms with Crippen LogP contribution in [0.1, 0.15) is 38.4 Å². The number of fused-ring (bicyclic) bond motifs is 1. The third kappa shape index (κ3) is 4.14. The van der Waals surface area contributed by atoms with Gasteiger partial charge in [0.2, 0.25) is 5.91 Å². The topological polar surface area (TPSA) is 78.7 Å². The van der Waals surface area contributed by atoms with Gasteiger partial charge in [-0.05, 0) is 31.9 Å². The van der Waals surface area contributed by atoms with Gasteiger partial charge in [0.05, 0.1) is 6.04 Å². The molecule has 1 amide bonds. The SMILES string of the molecule is CC(C(=O)NC1CCCC1)N1CCN(c2ccc3nnc(C(F)(F)F)n3n2)CC1. The zero-order chi connectivity index (χ0) is 20.6. The predicted molar refractivity (Wildman–Crippen MR) is 99.4 cm³/mol. The second kappa shape index (κ2) is 7.77. The van der Waals surface area contributed by atoms with Crippen LogP contribution in [0.4, 0.5) is 19.0 Å². The van der Waals surface area contributed by atoms with E-state index >= 15 is 0 Å². The summed E-state index contributed by atoms with van der Waals surface area (Å²) >= 11 is 0. The number of aromatic nitrogens is 4. The zero-order valence-electron chi connectivity index (χ0n) is 16.2. The molecule has 1 atom stereocenters. The molecular weight excluding hydrogens is 387 g/mol. The molecule has 1 aliphatic carbocycles. The molecule has 0 spiro atoms. The standard InChI is InChI=1S/C18H24F3N7O/c1-12(16(29)22-13-4-2-3-5-13)26-8-10-27(11-9-26)15-7-6-14-23-24-17(18(19,20)21)28(14)25-15/h6-7,12-13H,2-5,8-11H2,1H3,(H,22,29). The summed E-state index contributed by atoms with van der Waals surface area (Å²) in [5, 5.41) is 14.0. The number of piperazine rings is 1. The Hall–Kier alpha value is -2.43. The normalized spacial score (nSPS) is 20.3. The molecule has 1 aliphatic heterocycles. The van der Waals surface area contributed by atoms with E-state index in [0.717, 1.165) is 30.2 Å². The van der Waals surface area contributed by atoms with Crippen molar-refractivity contribution in [1.29, 1.82) is 0 Å². The minimum atomic E-state index is -4.62. The third-order valence-corrected chi connectivity index (χ3v) is 5.77. The maximum atomic E-state index is 13.1. The lowest BCUT2D eigenvalue weighted by Crippen LogP contribution is -2.55. The largest absolute Gasteiger partial charge is 0.453 e. The first kappa shape index (κ1) is 19.9. The van der Waals surface area contributed by atoms with Crippen molar-refractivity contribution >= 4 is 17.4 Å². The highest BCUT2D eigenvalue weighted by Crippen LogP contribution is 2.28. The first-order valence-electron chi connectivity index (χ1n) is 9.92. The molecule has 2 aromatic rings. The van der Waals surface area contributed by atoms with Crippen LogP contribution in [0, 0.1) is 0 Å². The van der Waals surface area contributed by atoms with E-state index in [1.165, 1.54) is 6.07 Å². The maximum Gasteiger partial charge on any atom is 0.453 e. The molecule has 1 saturated heterocycles. The molecule has 1 saturated carbocycles. The van der Waals surface area contributed by atoms with Gasteiger partial charge in [0.15, 0.2) is 5.65 Å². The van der Waals surface area contributed by atoms with Gasteiger partial charge >= 0.3 is 6.18 Å². The minimum absolute atomic E-state index is 0.0456. The molecule has 2 fully saturated rings. The van der Waals surface area contributed by atoms with E-state index in [4.69, 9.17) is 0 Å². The van der Waals surface area contributed by atoms with Crippen LogP contribution in [0.5, 0.6) is 0 Å².